The minimum Gasteiger partial charge on any atom is -0.287 e. The van der Waals surface area contributed by atoms with E-state index in [0.717, 1.165) is 6.92 Å². The Labute approximate surface area is 106 Å². The van der Waals surface area contributed by atoms with Gasteiger partial charge in [-0.05, 0) is 32.9 Å². The highest BCUT2D eigenvalue weighted by molar-refractivity contribution is 5.93. The third-order valence-corrected chi connectivity index (χ3v) is 2.21. The monoisotopic (exact) mass is 256 g/mol. The second-order valence-electron chi connectivity index (χ2n) is 5.29. The highest BCUT2D eigenvalue weighted by atomic mass is 19.3. The normalized spacial score (nSPS) is 12.3. The Balaban J connectivity index is 2.71. The number of halogens is 2. The number of carbonyl (C=O) groups is 1. The minimum absolute atomic E-state index is 0.108. The van der Waals surface area contributed by atoms with Crippen molar-refractivity contribution in [2.24, 2.45) is 0 Å². The number of benzene rings is 1. The average Bonchev–Trinajstić information content (AvgIpc) is 2.24. The molecule has 0 radical (unpaired) electrons. The van der Waals surface area contributed by atoms with E-state index < -0.39 is 5.92 Å². The first-order chi connectivity index (χ1) is 8.09. The van der Waals surface area contributed by atoms with Gasteiger partial charge >= 0.3 is 0 Å². The van der Waals surface area contributed by atoms with Crippen molar-refractivity contribution in [2.75, 3.05) is 0 Å². The maximum Gasteiger partial charge on any atom is 0.270 e. The summed E-state index contributed by atoms with van der Waals surface area (Å²) in [5.74, 6) is -3.24. The van der Waals surface area contributed by atoms with E-state index in [0.29, 0.717) is 5.56 Å². The van der Waals surface area contributed by atoms with Crippen LogP contribution in [0.25, 0.3) is 0 Å². The van der Waals surface area contributed by atoms with Crippen LogP contribution in [0.15, 0.2) is 24.3 Å². The lowest BCUT2D eigenvalue weighted by molar-refractivity contribution is 0.0174. The van der Waals surface area contributed by atoms with Crippen LogP contribution in [0.4, 0.5) is 8.78 Å². The number of hydrogen-bond acceptors (Lipinski definition) is 2. The van der Waals surface area contributed by atoms with Gasteiger partial charge in [0.25, 0.3) is 11.8 Å². The van der Waals surface area contributed by atoms with E-state index in [1.54, 1.807) is 0 Å². The summed E-state index contributed by atoms with van der Waals surface area (Å²) in [5, 5.41) is 0. The molecule has 1 aromatic rings. The molecule has 0 bridgehead atoms. The van der Waals surface area contributed by atoms with Gasteiger partial charge < -0.3 is 0 Å². The Morgan fingerprint density at radius 2 is 1.56 bits per heavy atom. The Hall–Kier alpha value is -1.49. The molecule has 0 heterocycles. The van der Waals surface area contributed by atoms with Gasteiger partial charge in [-0.3, -0.25) is 10.2 Å². The van der Waals surface area contributed by atoms with Gasteiger partial charge in [-0.1, -0.05) is 12.1 Å². The molecule has 1 rings (SSSR count). The SMILES string of the molecule is CC(C)(C)NNC(=O)c1ccc(C(C)(F)F)cc1. The van der Waals surface area contributed by atoms with Gasteiger partial charge in [0.05, 0.1) is 0 Å². The number of amides is 1. The number of carbonyl (C=O) groups excluding carboxylic acids is 1. The molecule has 0 spiro atoms. The number of hydrogen-bond donors (Lipinski definition) is 2. The van der Waals surface area contributed by atoms with E-state index in [9.17, 15) is 13.6 Å². The minimum atomic E-state index is -2.89. The zero-order valence-corrected chi connectivity index (χ0v) is 11.0. The van der Waals surface area contributed by atoms with E-state index in [4.69, 9.17) is 0 Å². The fourth-order valence-corrected chi connectivity index (χ4v) is 1.23. The van der Waals surface area contributed by atoms with Crippen LogP contribution in [0.5, 0.6) is 0 Å². The molecule has 18 heavy (non-hydrogen) atoms. The van der Waals surface area contributed by atoms with E-state index in [1.807, 2.05) is 20.8 Å². The number of hydrazine groups is 1. The van der Waals surface area contributed by atoms with Gasteiger partial charge in [0.15, 0.2) is 0 Å². The summed E-state index contributed by atoms with van der Waals surface area (Å²) in [6.45, 7) is 6.51. The molecule has 0 unspecified atom stereocenters. The molecule has 0 atom stereocenters. The molecule has 0 aliphatic rings. The first kappa shape index (κ1) is 14.6. The van der Waals surface area contributed by atoms with Crippen molar-refractivity contribution < 1.29 is 13.6 Å². The van der Waals surface area contributed by atoms with Crippen LogP contribution >= 0.6 is 0 Å². The lowest BCUT2D eigenvalue weighted by atomic mass is 10.1. The number of rotatable bonds is 3. The van der Waals surface area contributed by atoms with Gasteiger partial charge in [-0.25, -0.2) is 14.2 Å². The van der Waals surface area contributed by atoms with E-state index >= 15 is 0 Å². The molecular formula is C13H18F2N2O. The Morgan fingerprint density at radius 3 is 1.94 bits per heavy atom. The van der Waals surface area contributed by atoms with Crippen LogP contribution in [0.2, 0.25) is 0 Å². The van der Waals surface area contributed by atoms with Crippen molar-refractivity contribution >= 4 is 5.91 Å². The molecule has 2 N–H and O–H groups in total. The fourth-order valence-electron chi connectivity index (χ4n) is 1.23. The second-order valence-corrected chi connectivity index (χ2v) is 5.29. The topological polar surface area (TPSA) is 41.1 Å². The molecule has 1 amide bonds. The smallest absolute Gasteiger partial charge is 0.270 e. The molecule has 100 valence electrons. The van der Waals surface area contributed by atoms with Gasteiger partial charge in [-0.15, -0.1) is 0 Å². The van der Waals surface area contributed by atoms with Crippen LogP contribution in [0, 0.1) is 0 Å². The van der Waals surface area contributed by atoms with Gasteiger partial charge in [0.2, 0.25) is 0 Å². The zero-order chi connectivity index (χ0) is 14.0. The Bertz CT molecular complexity index is 416. The van der Waals surface area contributed by atoms with Gasteiger partial charge in [0, 0.05) is 23.6 Å². The Kier molecular flexibility index (Phi) is 4.06. The van der Waals surface area contributed by atoms with E-state index in [2.05, 4.69) is 10.9 Å². The molecule has 0 aliphatic carbocycles. The highest BCUT2D eigenvalue weighted by Crippen LogP contribution is 2.26. The molecule has 3 nitrogen and oxygen atoms in total. The van der Waals surface area contributed by atoms with Crippen molar-refractivity contribution in [2.45, 2.75) is 39.2 Å². The zero-order valence-electron chi connectivity index (χ0n) is 11.0. The van der Waals surface area contributed by atoms with E-state index in [1.165, 1.54) is 24.3 Å². The predicted molar refractivity (Wildman–Crippen MR) is 66.4 cm³/mol. The summed E-state index contributed by atoms with van der Waals surface area (Å²) in [6, 6.07) is 5.27. The molecule has 1 aromatic carbocycles. The summed E-state index contributed by atoms with van der Waals surface area (Å²) in [5.41, 5.74) is 5.30. The quantitative estimate of drug-likeness (QED) is 0.816. The average molecular weight is 256 g/mol. The largest absolute Gasteiger partial charge is 0.287 e. The molecule has 0 aliphatic heterocycles. The summed E-state index contributed by atoms with van der Waals surface area (Å²) >= 11 is 0. The molecule has 0 saturated heterocycles. The Morgan fingerprint density at radius 1 is 1.06 bits per heavy atom. The fraction of sp³-hybridized carbons (Fsp3) is 0.462. The van der Waals surface area contributed by atoms with Gasteiger partial charge in [-0.2, -0.15) is 0 Å². The molecule has 0 saturated carbocycles. The van der Waals surface area contributed by atoms with Crippen LogP contribution < -0.4 is 10.9 Å². The highest BCUT2D eigenvalue weighted by Gasteiger charge is 2.24. The van der Waals surface area contributed by atoms with Crippen LogP contribution in [0.1, 0.15) is 43.6 Å². The predicted octanol–water partition coefficient (Wildman–Crippen LogP) is 2.83. The summed E-state index contributed by atoms with van der Waals surface area (Å²) in [7, 11) is 0. The van der Waals surface area contributed by atoms with Crippen LogP contribution in [-0.2, 0) is 5.92 Å². The van der Waals surface area contributed by atoms with Crippen LogP contribution in [0.3, 0.4) is 0 Å². The molecule has 5 heteroatoms. The second kappa shape index (κ2) is 5.02. The van der Waals surface area contributed by atoms with E-state index in [-0.39, 0.29) is 17.0 Å². The summed E-state index contributed by atoms with van der Waals surface area (Å²) in [6.07, 6.45) is 0. The van der Waals surface area contributed by atoms with Crippen molar-refractivity contribution in [3.63, 3.8) is 0 Å². The maximum atomic E-state index is 13.0. The molecule has 0 fully saturated rings. The molecular weight excluding hydrogens is 238 g/mol. The lowest BCUT2D eigenvalue weighted by Gasteiger charge is -2.21. The first-order valence-electron chi connectivity index (χ1n) is 5.65. The standard InChI is InChI=1S/C13H18F2N2O/c1-12(2,3)17-16-11(18)9-5-7-10(8-6-9)13(4,14)15/h5-8,17H,1-4H3,(H,16,18). The number of nitrogens with one attached hydrogen (secondary N) is 2. The molecule has 0 aromatic heterocycles. The van der Waals surface area contributed by atoms with Crippen LogP contribution in [-0.4, -0.2) is 11.4 Å². The summed E-state index contributed by atoms with van der Waals surface area (Å²) in [4.78, 5) is 11.7. The third-order valence-electron chi connectivity index (χ3n) is 2.21. The maximum absolute atomic E-state index is 13.0. The van der Waals surface area contributed by atoms with Crippen molar-refractivity contribution in [1.82, 2.24) is 10.9 Å². The van der Waals surface area contributed by atoms with Crippen molar-refractivity contribution in [1.29, 1.82) is 0 Å². The first-order valence-corrected chi connectivity index (χ1v) is 5.65. The lowest BCUT2D eigenvalue weighted by Crippen LogP contribution is -2.48. The number of alkyl halides is 2. The van der Waals surface area contributed by atoms with Crippen molar-refractivity contribution in [3.8, 4) is 0 Å². The van der Waals surface area contributed by atoms with Crippen molar-refractivity contribution in [3.05, 3.63) is 35.4 Å². The van der Waals surface area contributed by atoms with Gasteiger partial charge in [0.1, 0.15) is 0 Å². The third kappa shape index (κ3) is 4.41. The summed E-state index contributed by atoms with van der Waals surface area (Å²) < 4.78 is 26.0.